The van der Waals surface area contributed by atoms with Crippen molar-refractivity contribution in [1.82, 2.24) is 4.90 Å². The first-order valence-electron chi connectivity index (χ1n) is 6.87. The van der Waals surface area contributed by atoms with Gasteiger partial charge in [0.2, 0.25) is 0 Å². The van der Waals surface area contributed by atoms with E-state index in [0.717, 1.165) is 0 Å². The highest BCUT2D eigenvalue weighted by molar-refractivity contribution is 9.10. The molecule has 1 aliphatic heterocycles. The molecule has 1 nitrogen and oxygen atoms in total. The van der Waals surface area contributed by atoms with Gasteiger partial charge in [-0.25, -0.2) is 0 Å². The molecule has 92 valence electrons. The predicted molar refractivity (Wildman–Crippen MR) is 75.2 cm³/mol. The Hall–Kier alpha value is -0.340. The largest absolute Gasteiger partial charge is 0.296 e. The van der Waals surface area contributed by atoms with Crippen LogP contribution in [0.4, 0.5) is 0 Å². The van der Waals surface area contributed by atoms with Gasteiger partial charge < -0.3 is 0 Å². The number of benzene rings is 1. The van der Waals surface area contributed by atoms with E-state index in [1.165, 1.54) is 56.1 Å². The Bertz CT molecular complexity index is 396. The minimum atomic E-state index is 0.691. The van der Waals surface area contributed by atoms with Crippen LogP contribution in [0.1, 0.15) is 49.3 Å². The first kappa shape index (κ1) is 11.7. The summed E-state index contributed by atoms with van der Waals surface area (Å²) < 4.78 is 1.24. The summed E-state index contributed by atoms with van der Waals surface area (Å²) >= 11 is 3.62. The maximum Gasteiger partial charge on any atom is 0.0351 e. The average molecular weight is 294 g/mol. The molecule has 17 heavy (non-hydrogen) atoms. The average Bonchev–Trinajstić information content (AvgIpc) is 2.39. The van der Waals surface area contributed by atoms with Crippen LogP contribution in [0.2, 0.25) is 0 Å². The molecule has 1 aromatic rings. The fourth-order valence-corrected chi connectivity index (χ4v) is 3.73. The molecule has 0 radical (unpaired) electrons. The minimum Gasteiger partial charge on any atom is -0.296 e. The number of piperidine rings is 1. The monoisotopic (exact) mass is 293 g/mol. The fourth-order valence-electron chi connectivity index (χ4n) is 3.35. The molecular formula is C15H20BrN. The van der Waals surface area contributed by atoms with E-state index < -0.39 is 0 Å². The highest BCUT2D eigenvalue weighted by Crippen LogP contribution is 2.36. The third-order valence-corrected chi connectivity index (χ3v) is 4.72. The van der Waals surface area contributed by atoms with Crippen LogP contribution < -0.4 is 0 Å². The second kappa shape index (κ2) is 5.11. The Morgan fingerprint density at radius 3 is 2.71 bits per heavy atom. The second-order valence-corrected chi connectivity index (χ2v) is 6.26. The lowest BCUT2D eigenvalue weighted by molar-refractivity contribution is 0.148. The van der Waals surface area contributed by atoms with Crippen LogP contribution in [0, 0.1) is 0 Å². The molecule has 1 heterocycles. The molecule has 0 spiro atoms. The Morgan fingerprint density at radius 2 is 1.88 bits per heavy atom. The quantitative estimate of drug-likeness (QED) is 0.746. The molecule has 3 rings (SSSR count). The van der Waals surface area contributed by atoms with Crippen LogP contribution in [-0.4, -0.2) is 18.0 Å². The van der Waals surface area contributed by atoms with E-state index in [1.54, 1.807) is 11.1 Å². The lowest BCUT2D eigenvalue weighted by Crippen LogP contribution is -2.35. The summed E-state index contributed by atoms with van der Waals surface area (Å²) in [5.41, 5.74) is 3.17. The summed E-state index contributed by atoms with van der Waals surface area (Å²) in [6, 6.07) is 7.55. The number of aryl methyl sites for hydroxylation is 1. The van der Waals surface area contributed by atoms with Gasteiger partial charge in [-0.15, -0.1) is 0 Å². The van der Waals surface area contributed by atoms with Crippen molar-refractivity contribution in [1.29, 1.82) is 0 Å². The molecule has 0 bridgehead atoms. The van der Waals surface area contributed by atoms with Crippen LogP contribution in [-0.2, 0) is 6.42 Å². The first-order chi connectivity index (χ1) is 8.34. The van der Waals surface area contributed by atoms with E-state index in [2.05, 4.69) is 39.0 Å². The van der Waals surface area contributed by atoms with Gasteiger partial charge >= 0.3 is 0 Å². The van der Waals surface area contributed by atoms with Gasteiger partial charge in [0.25, 0.3) is 0 Å². The standard InChI is InChI=1S/C15H20BrN/c16-13-8-7-12-5-4-6-15(14(12)11-13)17-9-2-1-3-10-17/h7-8,11,15H,1-6,9-10H2. The highest BCUT2D eigenvalue weighted by Gasteiger charge is 2.26. The molecule has 1 aliphatic carbocycles. The van der Waals surface area contributed by atoms with Crippen LogP contribution in [0.5, 0.6) is 0 Å². The van der Waals surface area contributed by atoms with E-state index in [-0.39, 0.29) is 0 Å². The van der Waals surface area contributed by atoms with Gasteiger partial charge in [-0.2, -0.15) is 0 Å². The third kappa shape index (κ3) is 2.43. The number of fused-ring (bicyclic) bond motifs is 1. The molecule has 1 saturated heterocycles. The van der Waals surface area contributed by atoms with Crippen LogP contribution >= 0.6 is 15.9 Å². The van der Waals surface area contributed by atoms with Crippen molar-refractivity contribution in [2.75, 3.05) is 13.1 Å². The van der Waals surface area contributed by atoms with Crippen LogP contribution in [0.15, 0.2) is 22.7 Å². The maximum atomic E-state index is 3.62. The molecule has 1 fully saturated rings. The van der Waals surface area contributed by atoms with Crippen molar-refractivity contribution in [2.45, 2.75) is 44.6 Å². The Balaban J connectivity index is 1.89. The summed E-state index contributed by atoms with van der Waals surface area (Å²) in [6.07, 6.45) is 8.18. The lowest BCUT2D eigenvalue weighted by Gasteiger charge is -2.38. The summed E-state index contributed by atoms with van der Waals surface area (Å²) in [6.45, 7) is 2.60. The highest BCUT2D eigenvalue weighted by atomic mass is 79.9. The maximum absolute atomic E-state index is 3.62. The van der Waals surface area contributed by atoms with Crippen LogP contribution in [0.25, 0.3) is 0 Å². The SMILES string of the molecule is Brc1ccc2c(c1)C(N1CCCCC1)CCC2. The topological polar surface area (TPSA) is 3.24 Å². The van der Waals surface area contributed by atoms with Crippen molar-refractivity contribution in [3.05, 3.63) is 33.8 Å². The zero-order valence-electron chi connectivity index (χ0n) is 10.3. The predicted octanol–water partition coefficient (Wildman–Crippen LogP) is 4.31. The molecule has 2 heteroatoms. The van der Waals surface area contributed by atoms with E-state index in [4.69, 9.17) is 0 Å². The number of rotatable bonds is 1. The van der Waals surface area contributed by atoms with Crippen molar-refractivity contribution in [2.24, 2.45) is 0 Å². The van der Waals surface area contributed by atoms with E-state index >= 15 is 0 Å². The molecule has 0 N–H and O–H groups in total. The molecule has 1 unspecified atom stereocenters. The summed E-state index contributed by atoms with van der Waals surface area (Å²) in [4.78, 5) is 2.72. The Kier molecular flexibility index (Phi) is 3.53. The number of likely N-dealkylation sites (tertiary alicyclic amines) is 1. The van der Waals surface area contributed by atoms with Gasteiger partial charge in [0, 0.05) is 10.5 Å². The van der Waals surface area contributed by atoms with Crippen molar-refractivity contribution in [3.63, 3.8) is 0 Å². The van der Waals surface area contributed by atoms with Crippen molar-refractivity contribution < 1.29 is 0 Å². The lowest BCUT2D eigenvalue weighted by atomic mass is 9.86. The smallest absolute Gasteiger partial charge is 0.0351 e. The molecule has 0 amide bonds. The zero-order valence-corrected chi connectivity index (χ0v) is 11.9. The number of hydrogen-bond donors (Lipinski definition) is 0. The molecule has 1 atom stereocenters. The minimum absolute atomic E-state index is 0.691. The van der Waals surface area contributed by atoms with Gasteiger partial charge in [0.15, 0.2) is 0 Å². The normalized spacial score (nSPS) is 25.6. The molecule has 2 aliphatic rings. The van der Waals surface area contributed by atoms with E-state index in [9.17, 15) is 0 Å². The Labute approximate surface area is 112 Å². The summed E-state index contributed by atoms with van der Waals surface area (Å²) in [7, 11) is 0. The third-order valence-electron chi connectivity index (χ3n) is 4.22. The first-order valence-corrected chi connectivity index (χ1v) is 7.66. The molecule has 1 aromatic carbocycles. The van der Waals surface area contributed by atoms with Crippen molar-refractivity contribution in [3.8, 4) is 0 Å². The fraction of sp³-hybridized carbons (Fsp3) is 0.600. The number of nitrogens with zero attached hydrogens (tertiary/aromatic N) is 1. The van der Waals surface area contributed by atoms with Gasteiger partial charge in [-0.05, 0) is 68.5 Å². The van der Waals surface area contributed by atoms with E-state index in [1.807, 2.05) is 0 Å². The van der Waals surface area contributed by atoms with E-state index in [0.29, 0.717) is 6.04 Å². The molecular weight excluding hydrogens is 274 g/mol. The second-order valence-electron chi connectivity index (χ2n) is 5.35. The molecule has 0 saturated carbocycles. The van der Waals surface area contributed by atoms with Gasteiger partial charge in [0.05, 0.1) is 0 Å². The van der Waals surface area contributed by atoms with Gasteiger partial charge in [-0.1, -0.05) is 28.4 Å². The number of halogens is 1. The summed E-state index contributed by atoms with van der Waals surface area (Å²) in [5, 5.41) is 0. The summed E-state index contributed by atoms with van der Waals surface area (Å²) in [5.74, 6) is 0. The Morgan fingerprint density at radius 1 is 1.06 bits per heavy atom. The van der Waals surface area contributed by atoms with Gasteiger partial charge in [-0.3, -0.25) is 4.90 Å². The number of hydrogen-bond acceptors (Lipinski definition) is 1. The van der Waals surface area contributed by atoms with Gasteiger partial charge in [0.1, 0.15) is 0 Å². The molecule has 0 aromatic heterocycles. The van der Waals surface area contributed by atoms with Crippen molar-refractivity contribution >= 4 is 15.9 Å². The zero-order chi connectivity index (χ0) is 11.7. The van der Waals surface area contributed by atoms with Crippen LogP contribution in [0.3, 0.4) is 0 Å².